The first kappa shape index (κ1) is 11.9. The van der Waals surface area contributed by atoms with Gasteiger partial charge < -0.3 is 5.11 Å². The molecule has 2 N–H and O–H groups in total. The smallest absolute Gasteiger partial charge is 0.237 e. The molecule has 6 heteroatoms. The van der Waals surface area contributed by atoms with Crippen molar-refractivity contribution in [3.05, 3.63) is 24.0 Å². The van der Waals surface area contributed by atoms with E-state index in [0.717, 1.165) is 0 Å². The van der Waals surface area contributed by atoms with Gasteiger partial charge in [0.15, 0.2) is 0 Å². The van der Waals surface area contributed by atoms with Crippen molar-refractivity contribution in [1.29, 1.82) is 0 Å². The average molecular weight is 230 g/mol. The highest BCUT2D eigenvalue weighted by Crippen LogP contribution is 2.14. The summed E-state index contributed by atoms with van der Waals surface area (Å²) in [5.41, 5.74) is 1.05. The van der Waals surface area contributed by atoms with Crippen LogP contribution in [-0.4, -0.2) is 30.4 Å². The number of nitrogens with one attached hydrogen (secondary N) is 1. The molecule has 0 saturated carbocycles. The van der Waals surface area contributed by atoms with Crippen LogP contribution in [0.15, 0.2) is 18.3 Å². The summed E-state index contributed by atoms with van der Waals surface area (Å²) in [4.78, 5) is 3.96. The lowest BCUT2D eigenvalue weighted by molar-refractivity contribution is 0.296. The Labute approximate surface area is 89.2 Å². The number of sulfonamides is 1. The van der Waals surface area contributed by atoms with Crippen molar-refractivity contribution in [3.63, 3.8) is 0 Å². The molecule has 0 amide bonds. The Balaban J connectivity index is 2.92. The third-order valence-electron chi connectivity index (χ3n) is 2.05. The van der Waals surface area contributed by atoms with E-state index in [4.69, 9.17) is 5.11 Å². The number of pyridine rings is 1. The van der Waals surface area contributed by atoms with E-state index in [1.807, 2.05) is 0 Å². The van der Waals surface area contributed by atoms with Crippen LogP contribution in [0, 0.1) is 6.92 Å². The first-order valence-corrected chi connectivity index (χ1v) is 6.06. The summed E-state index contributed by atoms with van der Waals surface area (Å²) in [6.07, 6.45) is 1.59. The lowest BCUT2D eigenvalue weighted by atomic mass is 10.3. The van der Waals surface area contributed by atoms with Crippen LogP contribution < -0.4 is 4.72 Å². The molecule has 0 spiro atoms. The highest BCUT2D eigenvalue weighted by atomic mass is 32.2. The zero-order valence-electron chi connectivity index (χ0n) is 8.64. The van der Waals surface area contributed by atoms with E-state index in [0.29, 0.717) is 11.4 Å². The summed E-state index contributed by atoms with van der Waals surface area (Å²) in [5.74, 6) is 0. The van der Waals surface area contributed by atoms with E-state index in [-0.39, 0.29) is 0 Å². The van der Waals surface area contributed by atoms with Gasteiger partial charge in [-0.2, -0.15) is 0 Å². The number of nitrogens with zero attached hydrogens (tertiary/aromatic N) is 1. The Morgan fingerprint density at radius 3 is 2.80 bits per heavy atom. The fourth-order valence-corrected chi connectivity index (χ4v) is 1.86. The second-order valence-electron chi connectivity index (χ2n) is 3.28. The zero-order valence-corrected chi connectivity index (χ0v) is 9.45. The third-order valence-corrected chi connectivity index (χ3v) is 3.76. The van der Waals surface area contributed by atoms with Gasteiger partial charge in [0.2, 0.25) is 10.0 Å². The first-order chi connectivity index (χ1) is 6.97. The maximum absolute atomic E-state index is 11.6. The van der Waals surface area contributed by atoms with Gasteiger partial charge in [0.25, 0.3) is 0 Å². The number of rotatable bonds is 4. The maximum Gasteiger partial charge on any atom is 0.237 e. The minimum Gasteiger partial charge on any atom is -0.395 e. The van der Waals surface area contributed by atoms with Gasteiger partial charge in [-0.3, -0.25) is 9.71 Å². The van der Waals surface area contributed by atoms with Crippen LogP contribution in [-0.2, 0) is 10.0 Å². The van der Waals surface area contributed by atoms with Crippen molar-refractivity contribution in [3.8, 4) is 0 Å². The Kier molecular flexibility index (Phi) is 3.65. The molecule has 0 bridgehead atoms. The molecule has 0 saturated heterocycles. The van der Waals surface area contributed by atoms with E-state index in [1.165, 1.54) is 6.92 Å². The van der Waals surface area contributed by atoms with Crippen LogP contribution in [0.2, 0.25) is 0 Å². The van der Waals surface area contributed by atoms with Crippen LogP contribution in [0.3, 0.4) is 0 Å². The average Bonchev–Trinajstić information content (AvgIpc) is 2.20. The molecule has 5 nitrogen and oxygen atoms in total. The van der Waals surface area contributed by atoms with Gasteiger partial charge in [0.05, 0.1) is 18.0 Å². The monoisotopic (exact) mass is 230 g/mol. The van der Waals surface area contributed by atoms with Gasteiger partial charge >= 0.3 is 0 Å². The summed E-state index contributed by atoms with van der Waals surface area (Å²) >= 11 is 0. The second-order valence-corrected chi connectivity index (χ2v) is 5.38. The Morgan fingerprint density at radius 2 is 2.27 bits per heavy atom. The summed E-state index contributed by atoms with van der Waals surface area (Å²) in [6, 6.07) is 3.28. The molecule has 84 valence electrons. The standard InChI is InChI=1S/C9H14N2O3S/c1-7(6-12)15(13,14)11-9-4-3-5-10-8(9)2/h3-5,7,11-12H,6H2,1-2H3. The molecular weight excluding hydrogens is 216 g/mol. The molecule has 1 atom stereocenters. The molecule has 0 aliphatic carbocycles. The predicted octanol–water partition coefficient (Wildman–Crippen LogP) is 0.513. The van der Waals surface area contributed by atoms with Crippen molar-refractivity contribution in [2.75, 3.05) is 11.3 Å². The SMILES string of the molecule is Cc1ncccc1NS(=O)(=O)C(C)CO. The minimum absolute atomic E-state index is 0.408. The van der Waals surface area contributed by atoms with Crippen LogP contribution in [0.25, 0.3) is 0 Å². The van der Waals surface area contributed by atoms with Gasteiger partial charge in [-0.15, -0.1) is 0 Å². The molecule has 1 aromatic heterocycles. The Hall–Kier alpha value is -1.14. The predicted molar refractivity (Wildman–Crippen MR) is 58.1 cm³/mol. The quantitative estimate of drug-likeness (QED) is 0.790. The fraction of sp³-hybridized carbons (Fsp3) is 0.444. The normalized spacial score (nSPS) is 13.5. The fourth-order valence-electron chi connectivity index (χ4n) is 0.944. The third kappa shape index (κ3) is 2.90. The van der Waals surface area contributed by atoms with Gasteiger partial charge in [-0.25, -0.2) is 8.42 Å². The van der Waals surface area contributed by atoms with Gasteiger partial charge in [-0.1, -0.05) is 0 Å². The van der Waals surface area contributed by atoms with Gasteiger partial charge in [0.1, 0.15) is 5.25 Å². The van der Waals surface area contributed by atoms with Crippen molar-refractivity contribution >= 4 is 15.7 Å². The number of aliphatic hydroxyl groups is 1. The zero-order chi connectivity index (χ0) is 11.5. The van der Waals surface area contributed by atoms with Gasteiger partial charge in [0, 0.05) is 6.20 Å². The number of aryl methyl sites for hydroxylation is 1. The molecule has 0 aliphatic rings. The van der Waals surface area contributed by atoms with E-state index in [9.17, 15) is 8.42 Å². The van der Waals surface area contributed by atoms with Crippen molar-refractivity contribution in [2.24, 2.45) is 0 Å². The number of aliphatic hydroxyl groups excluding tert-OH is 1. The van der Waals surface area contributed by atoms with Crippen molar-refractivity contribution < 1.29 is 13.5 Å². The molecule has 1 aromatic rings. The summed E-state index contributed by atoms with van der Waals surface area (Å²) in [6.45, 7) is 2.74. The molecule has 1 unspecified atom stereocenters. The number of hydrogen-bond donors (Lipinski definition) is 2. The van der Waals surface area contributed by atoms with Crippen molar-refractivity contribution in [2.45, 2.75) is 19.1 Å². The maximum atomic E-state index is 11.6. The minimum atomic E-state index is -3.53. The summed E-state index contributed by atoms with van der Waals surface area (Å²) < 4.78 is 25.6. The van der Waals surface area contributed by atoms with E-state index in [1.54, 1.807) is 25.3 Å². The van der Waals surface area contributed by atoms with Gasteiger partial charge in [-0.05, 0) is 26.0 Å². The van der Waals surface area contributed by atoms with Crippen LogP contribution in [0.4, 0.5) is 5.69 Å². The number of anilines is 1. The molecule has 15 heavy (non-hydrogen) atoms. The van der Waals surface area contributed by atoms with E-state index < -0.39 is 21.9 Å². The second kappa shape index (κ2) is 4.59. The molecule has 0 fully saturated rings. The largest absolute Gasteiger partial charge is 0.395 e. The highest BCUT2D eigenvalue weighted by molar-refractivity contribution is 7.93. The van der Waals surface area contributed by atoms with Crippen LogP contribution >= 0.6 is 0 Å². The molecule has 1 heterocycles. The lowest BCUT2D eigenvalue weighted by Crippen LogP contribution is -2.28. The first-order valence-electron chi connectivity index (χ1n) is 4.51. The molecule has 1 rings (SSSR count). The molecule has 0 radical (unpaired) electrons. The number of hydrogen-bond acceptors (Lipinski definition) is 4. The van der Waals surface area contributed by atoms with Crippen LogP contribution in [0.1, 0.15) is 12.6 Å². The number of aromatic nitrogens is 1. The molecule has 0 aliphatic heterocycles. The molecular formula is C9H14N2O3S. The van der Waals surface area contributed by atoms with Crippen LogP contribution in [0.5, 0.6) is 0 Å². The summed E-state index contributed by atoms with van der Waals surface area (Å²) in [5, 5.41) is 7.95. The Bertz CT molecular complexity index is 431. The topological polar surface area (TPSA) is 79.3 Å². The Morgan fingerprint density at radius 1 is 1.60 bits per heavy atom. The van der Waals surface area contributed by atoms with E-state index >= 15 is 0 Å². The molecule has 0 aromatic carbocycles. The lowest BCUT2D eigenvalue weighted by Gasteiger charge is -2.13. The summed E-state index contributed by atoms with van der Waals surface area (Å²) in [7, 11) is -3.53. The van der Waals surface area contributed by atoms with E-state index in [2.05, 4.69) is 9.71 Å². The van der Waals surface area contributed by atoms with Crippen molar-refractivity contribution in [1.82, 2.24) is 4.98 Å². The highest BCUT2D eigenvalue weighted by Gasteiger charge is 2.20.